The minimum absolute atomic E-state index is 0.448. The standard InChI is InChI=1S/C24H34N4/c1-20-7-9-23(10-8-20)27-16-11-22(12-17-27)26-19-24(21-6-5-13-25-18-21)28-14-3-2-4-15-28/h5-10,13,18,22,24,26H,2-4,11-12,14-17,19H2,1H3. The second-order valence-electron chi connectivity index (χ2n) is 8.40. The second kappa shape index (κ2) is 9.53. The predicted octanol–water partition coefficient (Wildman–Crippen LogP) is 4.18. The average Bonchev–Trinajstić information content (AvgIpc) is 2.76. The Kier molecular flexibility index (Phi) is 6.61. The van der Waals surface area contributed by atoms with Gasteiger partial charge in [-0.05, 0) is 69.5 Å². The summed E-state index contributed by atoms with van der Waals surface area (Å²) in [5.41, 5.74) is 4.05. The van der Waals surface area contributed by atoms with E-state index in [1.807, 2.05) is 6.20 Å². The minimum Gasteiger partial charge on any atom is -0.371 e. The first kappa shape index (κ1) is 19.4. The average molecular weight is 379 g/mol. The number of likely N-dealkylation sites (tertiary alicyclic amines) is 1. The van der Waals surface area contributed by atoms with Crippen molar-refractivity contribution in [1.82, 2.24) is 15.2 Å². The molecule has 1 aromatic carbocycles. The van der Waals surface area contributed by atoms with Crippen LogP contribution in [0.5, 0.6) is 0 Å². The molecule has 1 atom stereocenters. The highest BCUT2D eigenvalue weighted by molar-refractivity contribution is 5.47. The summed E-state index contributed by atoms with van der Waals surface area (Å²) in [6.45, 7) is 7.89. The van der Waals surface area contributed by atoms with Crippen molar-refractivity contribution in [2.45, 2.75) is 51.1 Å². The molecule has 1 aromatic heterocycles. The monoisotopic (exact) mass is 378 g/mol. The van der Waals surface area contributed by atoms with Gasteiger partial charge in [-0.2, -0.15) is 0 Å². The third-order valence-electron chi connectivity index (χ3n) is 6.39. The highest BCUT2D eigenvalue weighted by Gasteiger charge is 2.25. The molecule has 2 saturated heterocycles. The molecule has 4 nitrogen and oxygen atoms in total. The lowest BCUT2D eigenvalue weighted by molar-refractivity contribution is 0.155. The Morgan fingerprint density at radius 2 is 1.75 bits per heavy atom. The van der Waals surface area contributed by atoms with Crippen molar-refractivity contribution in [3.8, 4) is 0 Å². The summed E-state index contributed by atoms with van der Waals surface area (Å²) in [4.78, 5) is 9.57. The molecule has 1 unspecified atom stereocenters. The number of hydrogen-bond acceptors (Lipinski definition) is 4. The fourth-order valence-electron chi connectivity index (χ4n) is 4.64. The van der Waals surface area contributed by atoms with Crippen molar-refractivity contribution in [3.05, 3.63) is 59.9 Å². The van der Waals surface area contributed by atoms with Crippen molar-refractivity contribution in [3.63, 3.8) is 0 Å². The zero-order valence-corrected chi connectivity index (χ0v) is 17.2. The highest BCUT2D eigenvalue weighted by atomic mass is 15.2. The number of benzene rings is 1. The maximum atomic E-state index is 4.38. The number of pyridine rings is 1. The van der Waals surface area contributed by atoms with Gasteiger partial charge in [0.1, 0.15) is 0 Å². The maximum absolute atomic E-state index is 4.38. The first-order valence-corrected chi connectivity index (χ1v) is 11.0. The Bertz CT molecular complexity index is 701. The zero-order chi connectivity index (χ0) is 19.2. The SMILES string of the molecule is Cc1ccc(N2CCC(NCC(c3cccnc3)N3CCCCC3)CC2)cc1. The molecule has 150 valence electrons. The molecule has 1 N–H and O–H groups in total. The topological polar surface area (TPSA) is 31.4 Å². The van der Waals surface area contributed by atoms with Crippen LogP contribution in [0.3, 0.4) is 0 Å². The smallest absolute Gasteiger partial charge is 0.0488 e. The van der Waals surface area contributed by atoms with E-state index in [0.717, 1.165) is 19.6 Å². The van der Waals surface area contributed by atoms with Gasteiger partial charge in [0, 0.05) is 49.8 Å². The Hall–Kier alpha value is -1.91. The van der Waals surface area contributed by atoms with Gasteiger partial charge in [0.2, 0.25) is 0 Å². The normalized spacial score (nSPS) is 20.2. The maximum Gasteiger partial charge on any atom is 0.0488 e. The quantitative estimate of drug-likeness (QED) is 0.817. The van der Waals surface area contributed by atoms with Crippen LogP contribution in [0.2, 0.25) is 0 Å². The van der Waals surface area contributed by atoms with Gasteiger partial charge in [-0.15, -0.1) is 0 Å². The van der Waals surface area contributed by atoms with Gasteiger partial charge < -0.3 is 10.2 Å². The van der Waals surface area contributed by atoms with Crippen LogP contribution in [-0.4, -0.2) is 48.6 Å². The molecular formula is C24H34N4. The molecule has 0 amide bonds. The van der Waals surface area contributed by atoms with Crippen molar-refractivity contribution < 1.29 is 0 Å². The van der Waals surface area contributed by atoms with E-state index in [0.29, 0.717) is 12.1 Å². The van der Waals surface area contributed by atoms with Crippen molar-refractivity contribution in [2.75, 3.05) is 37.6 Å². The van der Waals surface area contributed by atoms with Crippen LogP contribution in [0.1, 0.15) is 49.3 Å². The Balaban J connectivity index is 1.32. The van der Waals surface area contributed by atoms with Gasteiger partial charge in [-0.1, -0.05) is 30.2 Å². The van der Waals surface area contributed by atoms with Gasteiger partial charge in [-0.3, -0.25) is 9.88 Å². The summed E-state index contributed by atoms with van der Waals surface area (Å²) < 4.78 is 0. The first-order chi connectivity index (χ1) is 13.8. The molecule has 4 heteroatoms. The zero-order valence-electron chi connectivity index (χ0n) is 17.2. The minimum atomic E-state index is 0.448. The number of nitrogens with zero attached hydrogens (tertiary/aromatic N) is 3. The largest absolute Gasteiger partial charge is 0.371 e. The van der Waals surface area contributed by atoms with Crippen LogP contribution in [0.25, 0.3) is 0 Å². The highest BCUT2D eigenvalue weighted by Crippen LogP contribution is 2.25. The molecule has 2 aliphatic heterocycles. The van der Waals surface area contributed by atoms with E-state index in [1.54, 1.807) is 0 Å². The van der Waals surface area contributed by atoms with Gasteiger partial charge in [0.25, 0.3) is 0 Å². The lowest BCUT2D eigenvalue weighted by Crippen LogP contribution is -2.46. The van der Waals surface area contributed by atoms with Crippen molar-refractivity contribution in [2.24, 2.45) is 0 Å². The fraction of sp³-hybridized carbons (Fsp3) is 0.542. The Labute approximate surface area is 170 Å². The number of hydrogen-bond donors (Lipinski definition) is 1. The molecule has 0 aliphatic carbocycles. The third-order valence-corrected chi connectivity index (χ3v) is 6.39. The molecule has 2 aromatic rings. The Morgan fingerprint density at radius 3 is 2.43 bits per heavy atom. The van der Waals surface area contributed by atoms with E-state index < -0.39 is 0 Å². The summed E-state index contributed by atoms with van der Waals surface area (Å²) in [7, 11) is 0. The van der Waals surface area contributed by atoms with E-state index in [4.69, 9.17) is 0 Å². The van der Waals surface area contributed by atoms with E-state index in [2.05, 4.69) is 69.6 Å². The number of nitrogens with one attached hydrogen (secondary N) is 1. The van der Waals surface area contributed by atoms with Gasteiger partial charge in [0.05, 0.1) is 0 Å². The van der Waals surface area contributed by atoms with Gasteiger partial charge >= 0.3 is 0 Å². The van der Waals surface area contributed by atoms with Crippen molar-refractivity contribution in [1.29, 1.82) is 0 Å². The first-order valence-electron chi connectivity index (χ1n) is 11.0. The second-order valence-corrected chi connectivity index (χ2v) is 8.40. The van der Waals surface area contributed by atoms with E-state index >= 15 is 0 Å². The summed E-state index contributed by atoms with van der Waals surface area (Å²) in [5.74, 6) is 0. The van der Waals surface area contributed by atoms with Crippen LogP contribution in [0, 0.1) is 6.92 Å². The molecule has 2 aliphatic rings. The molecule has 0 spiro atoms. The fourth-order valence-corrected chi connectivity index (χ4v) is 4.64. The van der Waals surface area contributed by atoms with Crippen LogP contribution in [-0.2, 0) is 0 Å². The number of rotatable bonds is 6. The Morgan fingerprint density at radius 1 is 1.00 bits per heavy atom. The molecule has 4 rings (SSSR count). The van der Waals surface area contributed by atoms with E-state index in [9.17, 15) is 0 Å². The van der Waals surface area contributed by atoms with Crippen LogP contribution in [0.15, 0.2) is 48.8 Å². The van der Waals surface area contributed by atoms with Crippen LogP contribution < -0.4 is 10.2 Å². The molecule has 3 heterocycles. The predicted molar refractivity (Wildman–Crippen MR) is 117 cm³/mol. The molecular weight excluding hydrogens is 344 g/mol. The number of aromatic nitrogens is 1. The number of aryl methyl sites for hydroxylation is 1. The lowest BCUT2D eigenvalue weighted by atomic mass is 10.0. The van der Waals surface area contributed by atoms with Gasteiger partial charge in [-0.25, -0.2) is 0 Å². The molecule has 0 radical (unpaired) electrons. The number of piperidine rings is 2. The van der Waals surface area contributed by atoms with Crippen LogP contribution >= 0.6 is 0 Å². The van der Waals surface area contributed by atoms with E-state index in [-0.39, 0.29) is 0 Å². The summed E-state index contributed by atoms with van der Waals surface area (Å²) >= 11 is 0. The lowest BCUT2D eigenvalue weighted by Gasteiger charge is -2.38. The number of anilines is 1. The van der Waals surface area contributed by atoms with Crippen molar-refractivity contribution >= 4 is 5.69 Å². The summed E-state index contributed by atoms with van der Waals surface area (Å²) in [6.07, 6.45) is 10.4. The van der Waals surface area contributed by atoms with Gasteiger partial charge in [0.15, 0.2) is 0 Å². The summed E-state index contributed by atoms with van der Waals surface area (Å²) in [5, 5.41) is 3.90. The third kappa shape index (κ3) is 4.92. The van der Waals surface area contributed by atoms with E-state index in [1.165, 1.54) is 62.0 Å². The molecule has 2 fully saturated rings. The molecule has 0 saturated carbocycles. The summed E-state index contributed by atoms with van der Waals surface area (Å²) in [6, 6.07) is 14.3. The van der Waals surface area contributed by atoms with Crippen LogP contribution in [0.4, 0.5) is 5.69 Å². The molecule has 28 heavy (non-hydrogen) atoms. The molecule has 0 bridgehead atoms.